The predicted octanol–water partition coefficient (Wildman–Crippen LogP) is 15.9. The van der Waals surface area contributed by atoms with Crippen LogP contribution in [0.3, 0.4) is 0 Å². The molecule has 0 spiro atoms. The molecule has 2 rings (SSSR count). The molecule has 2 aliphatic rings. The summed E-state index contributed by atoms with van der Waals surface area (Å²) in [5.74, 6) is -0.202. The van der Waals surface area contributed by atoms with Gasteiger partial charge in [0.25, 0.3) is 0 Å². The first-order valence-corrected chi connectivity index (χ1v) is 37.4. The summed E-state index contributed by atoms with van der Waals surface area (Å²) >= 11 is 0. The van der Waals surface area contributed by atoms with Gasteiger partial charge in [0, 0.05) is 6.42 Å². The Morgan fingerprint density at radius 3 is 1.19 bits per heavy atom. The number of unbranched alkanes of at least 4 members (excludes halogenated alkanes) is 41. The molecule has 12 unspecified atom stereocenters. The molecule has 89 heavy (non-hydrogen) atoms. The molecular weight excluding hydrogens is 1120 g/mol. The van der Waals surface area contributed by atoms with Gasteiger partial charge in [0.2, 0.25) is 5.91 Å². The van der Waals surface area contributed by atoms with Crippen molar-refractivity contribution >= 4 is 5.91 Å². The second kappa shape index (κ2) is 59.7. The molecule has 12 atom stereocenters. The number of amides is 1. The molecule has 2 heterocycles. The van der Waals surface area contributed by atoms with Gasteiger partial charge in [-0.25, -0.2) is 0 Å². The van der Waals surface area contributed by atoms with E-state index in [9.17, 15) is 45.6 Å². The summed E-state index contributed by atoms with van der Waals surface area (Å²) in [6.45, 7) is 2.80. The summed E-state index contributed by atoms with van der Waals surface area (Å²) in [5, 5.41) is 87.8. The lowest BCUT2D eigenvalue weighted by atomic mass is 9.97. The predicted molar refractivity (Wildman–Crippen MR) is 364 cm³/mol. The number of aliphatic hydroxyl groups is 8. The van der Waals surface area contributed by atoms with Gasteiger partial charge in [-0.1, -0.05) is 319 Å². The maximum Gasteiger partial charge on any atom is 0.220 e. The van der Waals surface area contributed by atoms with Gasteiger partial charge in [0.1, 0.15) is 48.8 Å². The molecular formula is C75H139NO13. The van der Waals surface area contributed by atoms with E-state index < -0.39 is 86.8 Å². The lowest BCUT2D eigenvalue weighted by Crippen LogP contribution is -2.65. The topological polar surface area (TPSA) is 228 Å². The molecule has 0 saturated carbocycles. The summed E-state index contributed by atoms with van der Waals surface area (Å²) in [6.07, 6.45) is 61.3. The van der Waals surface area contributed by atoms with Gasteiger partial charge in [-0.05, 0) is 51.4 Å². The molecule has 522 valence electrons. The average molecular weight is 1260 g/mol. The number of hydrogen-bond acceptors (Lipinski definition) is 13. The quantitative estimate of drug-likeness (QED) is 0.0204. The van der Waals surface area contributed by atoms with Crippen molar-refractivity contribution < 1.29 is 64.6 Å². The van der Waals surface area contributed by atoms with Gasteiger partial charge in [-0.15, -0.1) is 0 Å². The number of aliphatic hydroxyl groups excluding tert-OH is 8. The van der Waals surface area contributed by atoms with Crippen LogP contribution in [0, 0.1) is 0 Å². The highest BCUT2D eigenvalue weighted by Gasteiger charge is 2.51. The van der Waals surface area contributed by atoms with Crippen LogP contribution in [0.25, 0.3) is 0 Å². The van der Waals surface area contributed by atoms with Crippen LogP contribution in [0.4, 0.5) is 0 Å². The zero-order chi connectivity index (χ0) is 64.5. The third-order valence-corrected chi connectivity index (χ3v) is 18.3. The second-order valence-electron chi connectivity index (χ2n) is 26.4. The standard InChI is InChI=1S/C75H139NO13/c1-3-5-7-9-11-13-15-17-19-21-23-25-27-29-31-32-33-35-37-39-41-43-45-47-49-51-53-55-57-59-67(80)76-63(62-86-74-72(85)70(83)73(66(61-78)88-74)89-75-71(84)69(82)68(81)65(60-77)87-75)64(79)58-56-54-52-50-48-46-44-42-40-38-36-34-30-28-26-24-22-20-18-16-14-12-10-8-6-4-2/h5,7,11,13,17,19,23,25,63-66,68-75,77-79,81-85H,3-4,6,8-10,12,14-16,18,20-22,24,26-62H2,1-2H3,(H,76,80)/b7-5-,13-11-,19-17-,25-23-. The highest BCUT2D eigenvalue weighted by molar-refractivity contribution is 5.76. The lowest BCUT2D eigenvalue weighted by molar-refractivity contribution is -0.359. The van der Waals surface area contributed by atoms with Gasteiger partial charge in [0.15, 0.2) is 12.6 Å². The third-order valence-electron chi connectivity index (χ3n) is 18.3. The molecule has 2 aliphatic heterocycles. The molecule has 14 heteroatoms. The van der Waals surface area contributed by atoms with Crippen LogP contribution >= 0.6 is 0 Å². The number of nitrogens with one attached hydrogen (secondary N) is 1. The molecule has 9 N–H and O–H groups in total. The van der Waals surface area contributed by atoms with Crippen LogP contribution in [-0.4, -0.2) is 140 Å². The van der Waals surface area contributed by atoms with Crippen molar-refractivity contribution in [3.63, 3.8) is 0 Å². The summed E-state index contributed by atoms with van der Waals surface area (Å²) in [7, 11) is 0. The van der Waals surface area contributed by atoms with E-state index in [4.69, 9.17) is 18.9 Å². The first-order chi connectivity index (χ1) is 43.6. The number of hydrogen-bond donors (Lipinski definition) is 9. The Bertz CT molecular complexity index is 1680. The second-order valence-corrected chi connectivity index (χ2v) is 26.4. The van der Waals surface area contributed by atoms with E-state index in [0.29, 0.717) is 12.8 Å². The van der Waals surface area contributed by atoms with Crippen LogP contribution in [0.15, 0.2) is 48.6 Å². The van der Waals surface area contributed by atoms with E-state index in [2.05, 4.69) is 67.8 Å². The fourth-order valence-electron chi connectivity index (χ4n) is 12.4. The molecule has 1 amide bonds. The third kappa shape index (κ3) is 43.5. The van der Waals surface area contributed by atoms with Crippen molar-refractivity contribution in [3.8, 4) is 0 Å². The van der Waals surface area contributed by atoms with Crippen LogP contribution in [0.5, 0.6) is 0 Å². The Balaban J connectivity index is 1.64. The van der Waals surface area contributed by atoms with Gasteiger partial charge in [0.05, 0.1) is 32.0 Å². The van der Waals surface area contributed by atoms with Gasteiger partial charge in [-0.2, -0.15) is 0 Å². The first-order valence-electron chi connectivity index (χ1n) is 37.4. The normalized spacial score (nSPS) is 23.3. The van der Waals surface area contributed by atoms with Crippen LogP contribution in [0.1, 0.15) is 328 Å². The van der Waals surface area contributed by atoms with Crippen molar-refractivity contribution in [1.29, 1.82) is 0 Å². The smallest absolute Gasteiger partial charge is 0.220 e. The van der Waals surface area contributed by atoms with Gasteiger partial charge >= 0.3 is 0 Å². The minimum Gasteiger partial charge on any atom is -0.394 e. The molecule has 0 aromatic rings. The minimum atomic E-state index is -1.78. The number of rotatable bonds is 62. The summed E-state index contributed by atoms with van der Waals surface area (Å²) in [4.78, 5) is 13.4. The number of carbonyl (C=O) groups is 1. The zero-order valence-corrected chi connectivity index (χ0v) is 56.9. The van der Waals surface area contributed by atoms with E-state index in [-0.39, 0.29) is 12.5 Å². The highest BCUT2D eigenvalue weighted by atomic mass is 16.7. The minimum absolute atomic E-state index is 0.202. The Hall–Kier alpha value is -2.05. The van der Waals surface area contributed by atoms with Gasteiger partial charge in [-0.3, -0.25) is 4.79 Å². The van der Waals surface area contributed by atoms with Crippen LogP contribution in [-0.2, 0) is 23.7 Å². The maximum atomic E-state index is 13.4. The monoisotopic (exact) mass is 1260 g/mol. The lowest BCUT2D eigenvalue weighted by Gasteiger charge is -2.46. The summed E-state index contributed by atoms with van der Waals surface area (Å²) in [5.41, 5.74) is 0. The van der Waals surface area contributed by atoms with E-state index in [1.165, 1.54) is 225 Å². The van der Waals surface area contributed by atoms with Crippen LogP contribution < -0.4 is 5.32 Å². The Labute approximate surface area is 543 Å². The molecule has 0 aliphatic carbocycles. The molecule has 2 fully saturated rings. The maximum absolute atomic E-state index is 13.4. The van der Waals surface area contributed by atoms with Crippen molar-refractivity contribution in [1.82, 2.24) is 5.32 Å². The fourth-order valence-corrected chi connectivity index (χ4v) is 12.4. The Morgan fingerprint density at radius 2 is 0.775 bits per heavy atom. The number of ether oxygens (including phenoxy) is 4. The summed E-state index contributed by atoms with van der Waals surface area (Å²) in [6, 6.07) is -0.831. The Morgan fingerprint density at radius 1 is 0.416 bits per heavy atom. The van der Waals surface area contributed by atoms with Gasteiger partial charge < -0.3 is 65.1 Å². The van der Waals surface area contributed by atoms with E-state index in [1.807, 2.05) is 0 Å². The fraction of sp³-hybridized carbons (Fsp3) is 0.880. The molecule has 0 aromatic carbocycles. The van der Waals surface area contributed by atoms with Crippen molar-refractivity contribution in [3.05, 3.63) is 48.6 Å². The van der Waals surface area contributed by atoms with Crippen LogP contribution in [0.2, 0.25) is 0 Å². The first kappa shape index (κ1) is 83.0. The van der Waals surface area contributed by atoms with E-state index in [1.54, 1.807) is 0 Å². The number of carbonyl (C=O) groups excluding carboxylic acids is 1. The average Bonchev–Trinajstić information content (AvgIpc) is 2.51. The van der Waals surface area contributed by atoms with Crippen molar-refractivity contribution in [2.45, 2.75) is 402 Å². The number of allylic oxidation sites excluding steroid dienone is 8. The molecule has 0 aromatic heterocycles. The molecule has 2 saturated heterocycles. The highest BCUT2D eigenvalue weighted by Crippen LogP contribution is 2.30. The largest absolute Gasteiger partial charge is 0.394 e. The molecule has 0 bridgehead atoms. The van der Waals surface area contributed by atoms with E-state index in [0.717, 1.165) is 77.0 Å². The van der Waals surface area contributed by atoms with E-state index >= 15 is 0 Å². The van der Waals surface area contributed by atoms with Crippen molar-refractivity contribution in [2.24, 2.45) is 0 Å². The molecule has 0 radical (unpaired) electrons. The summed E-state index contributed by atoms with van der Waals surface area (Å²) < 4.78 is 23.0. The van der Waals surface area contributed by atoms with Crippen molar-refractivity contribution in [2.75, 3.05) is 19.8 Å². The molecule has 14 nitrogen and oxygen atoms in total. The zero-order valence-electron chi connectivity index (χ0n) is 56.9. The Kier molecular flexibility index (Phi) is 55.7. The SMILES string of the molecule is CC/C=C\C/C=C\C/C=C\C/C=C\CCCCCCCCCCCCCCCCCCC(=O)NC(COC1OC(CO)C(OC2OC(CO)C(O)C(O)C2O)C(O)C1O)C(O)CCCCCCCCCCCCCCCCCCCCCCCCCCCC.